The largest absolute Gasteiger partial charge is 0.497 e. The molecule has 0 aliphatic carbocycles. The zero-order valence-corrected chi connectivity index (χ0v) is 18.5. The fourth-order valence-corrected chi connectivity index (χ4v) is 3.79. The maximum absolute atomic E-state index is 12.9. The number of hydrazine groups is 1. The lowest BCUT2D eigenvalue weighted by molar-refractivity contribution is -0.123. The van der Waals surface area contributed by atoms with Crippen molar-refractivity contribution in [1.82, 2.24) is 10.4 Å². The van der Waals surface area contributed by atoms with Crippen LogP contribution in [0.3, 0.4) is 0 Å². The Hall–Kier alpha value is -2.84. The number of rotatable bonds is 7. The van der Waals surface area contributed by atoms with Crippen LogP contribution in [0.15, 0.2) is 53.4 Å². The molecule has 6 nitrogen and oxygen atoms in total. The number of carbonyl (C=O) groups excluding carboxylic acids is 2. The number of thioether (sulfide) groups is 1. The number of nitrogens with one attached hydrogen (secondary N) is 1. The highest BCUT2D eigenvalue weighted by Gasteiger charge is 2.34. The van der Waals surface area contributed by atoms with Crippen molar-refractivity contribution in [3.05, 3.63) is 64.6 Å². The number of methoxy groups -OCH3 is 1. The summed E-state index contributed by atoms with van der Waals surface area (Å²) in [5, 5.41) is 1.09. The van der Waals surface area contributed by atoms with Crippen molar-refractivity contribution in [1.29, 1.82) is 0 Å². The van der Waals surface area contributed by atoms with Crippen molar-refractivity contribution < 1.29 is 19.1 Å². The second kappa shape index (κ2) is 9.77. The summed E-state index contributed by atoms with van der Waals surface area (Å²) in [5.41, 5.74) is 3.74. The third kappa shape index (κ3) is 5.01. The minimum absolute atomic E-state index is 0.0536. The lowest BCUT2D eigenvalue weighted by Crippen LogP contribution is -2.44. The molecule has 156 valence electrons. The van der Waals surface area contributed by atoms with E-state index in [4.69, 9.17) is 21.7 Å². The minimum Gasteiger partial charge on any atom is -0.497 e. The molecule has 0 saturated carbocycles. The molecular weight excluding hydrogens is 420 g/mol. The Morgan fingerprint density at radius 1 is 1.23 bits per heavy atom. The summed E-state index contributed by atoms with van der Waals surface area (Å²) in [6, 6.07) is 14.1. The van der Waals surface area contributed by atoms with Crippen molar-refractivity contribution in [3.8, 4) is 11.5 Å². The summed E-state index contributed by atoms with van der Waals surface area (Å²) in [7, 11) is 1.55. The number of hydrogen-bond acceptors (Lipinski definition) is 6. The summed E-state index contributed by atoms with van der Waals surface area (Å²) in [6.07, 6.45) is 2.66. The quantitative estimate of drug-likeness (QED) is 0.506. The van der Waals surface area contributed by atoms with E-state index in [0.717, 1.165) is 28.8 Å². The highest BCUT2D eigenvalue weighted by molar-refractivity contribution is 8.26. The molecule has 1 aliphatic heterocycles. The Bertz CT molecular complexity index is 989. The van der Waals surface area contributed by atoms with Crippen molar-refractivity contribution in [2.24, 2.45) is 0 Å². The Morgan fingerprint density at radius 3 is 2.60 bits per heavy atom. The molecule has 8 heteroatoms. The fourth-order valence-electron chi connectivity index (χ4n) is 2.62. The van der Waals surface area contributed by atoms with Gasteiger partial charge in [-0.1, -0.05) is 36.9 Å². The van der Waals surface area contributed by atoms with Gasteiger partial charge in [-0.2, -0.15) is 5.01 Å². The number of benzene rings is 2. The maximum Gasteiger partial charge on any atom is 0.285 e. The standard InChI is InChI=1S/C22H22N2O4S2/c1-4-14(2)28-18-8-6-5-7-16(18)13-19-21(26)24(22(29)30-19)23-20(25)15-9-11-17(27-3)12-10-15/h5-14H,4H2,1-3H3,(H,23,25)/b19-13+/t14-/m1/s1. The molecule has 0 bridgehead atoms. The average Bonchev–Trinajstić information content (AvgIpc) is 3.02. The van der Waals surface area contributed by atoms with Crippen molar-refractivity contribution in [2.45, 2.75) is 26.4 Å². The molecule has 0 unspecified atom stereocenters. The van der Waals surface area contributed by atoms with E-state index in [-0.39, 0.29) is 16.3 Å². The van der Waals surface area contributed by atoms with Gasteiger partial charge in [0, 0.05) is 11.1 Å². The van der Waals surface area contributed by atoms with Crippen LogP contribution >= 0.6 is 24.0 Å². The molecule has 1 aliphatic rings. The first-order valence-electron chi connectivity index (χ1n) is 9.41. The van der Waals surface area contributed by atoms with Gasteiger partial charge in [-0.15, -0.1) is 0 Å². The summed E-state index contributed by atoms with van der Waals surface area (Å²) >= 11 is 6.43. The smallest absolute Gasteiger partial charge is 0.285 e. The third-order valence-corrected chi connectivity index (χ3v) is 5.77. The van der Waals surface area contributed by atoms with E-state index in [0.29, 0.717) is 22.0 Å². The number of nitrogens with zero attached hydrogens (tertiary/aromatic N) is 1. The first kappa shape index (κ1) is 21.9. The minimum atomic E-state index is -0.435. The monoisotopic (exact) mass is 442 g/mol. The van der Waals surface area contributed by atoms with Gasteiger partial charge in [0.1, 0.15) is 11.5 Å². The van der Waals surface area contributed by atoms with Crippen molar-refractivity contribution >= 4 is 46.2 Å². The van der Waals surface area contributed by atoms with Crippen LogP contribution in [0, 0.1) is 0 Å². The van der Waals surface area contributed by atoms with Gasteiger partial charge >= 0.3 is 0 Å². The molecule has 1 atom stereocenters. The lowest BCUT2D eigenvalue weighted by atomic mass is 10.1. The van der Waals surface area contributed by atoms with Crippen LogP contribution in [0.25, 0.3) is 6.08 Å². The molecule has 0 spiro atoms. The highest BCUT2D eigenvalue weighted by Crippen LogP contribution is 2.33. The normalized spacial score (nSPS) is 16.0. The van der Waals surface area contributed by atoms with Gasteiger partial charge in [0.25, 0.3) is 11.8 Å². The van der Waals surface area contributed by atoms with E-state index >= 15 is 0 Å². The van der Waals surface area contributed by atoms with E-state index in [9.17, 15) is 9.59 Å². The van der Waals surface area contributed by atoms with Crippen LogP contribution in [0.2, 0.25) is 0 Å². The van der Waals surface area contributed by atoms with E-state index in [1.165, 1.54) is 0 Å². The summed E-state index contributed by atoms with van der Waals surface area (Å²) in [6.45, 7) is 4.04. The number of ether oxygens (including phenoxy) is 2. The zero-order chi connectivity index (χ0) is 21.7. The number of thiocarbonyl (C=S) groups is 1. The van der Waals surface area contributed by atoms with Gasteiger partial charge in [0.15, 0.2) is 4.32 Å². The molecule has 1 fully saturated rings. The van der Waals surface area contributed by atoms with Crippen LogP contribution in [0.5, 0.6) is 11.5 Å². The second-order valence-corrected chi connectivity index (χ2v) is 8.24. The number of para-hydroxylation sites is 1. The molecule has 1 saturated heterocycles. The molecule has 1 heterocycles. The molecule has 2 aromatic carbocycles. The fraction of sp³-hybridized carbons (Fsp3) is 0.227. The Labute approximate surface area is 185 Å². The molecular formula is C22H22N2O4S2. The second-order valence-electron chi connectivity index (χ2n) is 6.56. The molecule has 0 radical (unpaired) electrons. The number of carbonyl (C=O) groups is 2. The van der Waals surface area contributed by atoms with E-state index < -0.39 is 5.91 Å². The molecule has 3 rings (SSSR count). The summed E-state index contributed by atoms with van der Waals surface area (Å²) in [4.78, 5) is 25.8. The Morgan fingerprint density at radius 2 is 1.93 bits per heavy atom. The highest BCUT2D eigenvalue weighted by atomic mass is 32.2. The molecule has 30 heavy (non-hydrogen) atoms. The zero-order valence-electron chi connectivity index (χ0n) is 16.9. The Kier molecular flexibility index (Phi) is 7.12. The molecule has 2 aromatic rings. The number of hydrogen-bond donors (Lipinski definition) is 1. The SMILES string of the molecule is CC[C@@H](C)Oc1ccccc1/C=C1/SC(=S)N(NC(=O)c2ccc(OC)cc2)C1=O. The van der Waals surface area contributed by atoms with Crippen LogP contribution in [0.4, 0.5) is 0 Å². The average molecular weight is 443 g/mol. The van der Waals surface area contributed by atoms with Gasteiger partial charge < -0.3 is 9.47 Å². The van der Waals surface area contributed by atoms with E-state index in [1.54, 1.807) is 37.5 Å². The summed E-state index contributed by atoms with van der Waals surface area (Å²) < 4.78 is 11.3. The first-order chi connectivity index (χ1) is 14.4. The van der Waals surface area contributed by atoms with E-state index in [2.05, 4.69) is 5.43 Å². The van der Waals surface area contributed by atoms with Crippen LogP contribution in [-0.2, 0) is 4.79 Å². The van der Waals surface area contributed by atoms with E-state index in [1.807, 2.05) is 38.1 Å². The van der Waals surface area contributed by atoms with Crippen LogP contribution in [0.1, 0.15) is 36.2 Å². The van der Waals surface area contributed by atoms with Gasteiger partial charge in [0.05, 0.1) is 18.1 Å². The van der Waals surface area contributed by atoms with Gasteiger partial charge in [-0.05, 0) is 62.0 Å². The van der Waals surface area contributed by atoms with Gasteiger partial charge in [0.2, 0.25) is 0 Å². The van der Waals surface area contributed by atoms with Crippen molar-refractivity contribution in [2.75, 3.05) is 7.11 Å². The first-order valence-corrected chi connectivity index (χ1v) is 10.6. The molecule has 1 N–H and O–H groups in total. The predicted molar refractivity (Wildman–Crippen MR) is 122 cm³/mol. The topological polar surface area (TPSA) is 67.9 Å². The van der Waals surface area contributed by atoms with Crippen LogP contribution < -0.4 is 14.9 Å². The van der Waals surface area contributed by atoms with Crippen LogP contribution in [-0.4, -0.2) is 34.4 Å². The molecule has 0 aromatic heterocycles. The Balaban J connectivity index is 1.77. The third-order valence-electron chi connectivity index (χ3n) is 4.47. The molecule has 2 amide bonds. The van der Waals surface area contributed by atoms with Gasteiger partial charge in [-0.3, -0.25) is 15.0 Å². The van der Waals surface area contributed by atoms with Crippen molar-refractivity contribution in [3.63, 3.8) is 0 Å². The summed E-state index contributed by atoms with van der Waals surface area (Å²) in [5.74, 6) is 0.513. The predicted octanol–water partition coefficient (Wildman–Crippen LogP) is 4.42. The maximum atomic E-state index is 12.9. The van der Waals surface area contributed by atoms with Gasteiger partial charge in [-0.25, -0.2) is 0 Å². The lowest BCUT2D eigenvalue weighted by Gasteiger charge is -2.16. The number of amides is 2.